The molecule has 1 aliphatic heterocycles. The van der Waals surface area contributed by atoms with E-state index in [4.69, 9.17) is 0 Å². The first kappa shape index (κ1) is 20.6. The molecule has 0 unspecified atom stereocenters. The van der Waals surface area contributed by atoms with Crippen molar-refractivity contribution >= 4 is 23.5 Å². The van der Waals surface area contributed by atoms with Crippen molar-refractivity contribution in [3.8, 4) is 0 Å². The first-order valence-electron chi connectivity index (χ1n) is 8.71. The summed E-state index contributed by atoms with van der Waals surface area (Å²) in [4.78, 5) is 5.23. The molecular formula is C16H36N4S2. The van der Waals surface area contributed by atoms with Crippen molar-refractivity contribution in [2.45, 2.75) is 12.8 Å². The van der Waals surface area contributed by atoms with Gasteiger partial charge in [0.2, 0.25) is 0 Å². The topological polar surface area (TPSA) is 30.5 Å². The van der Waals surface area contributed by atoms with Crippen LogP contribution < -0.4 is 10.6 Å². The molecular weight excluding hydrogens is 312 g/mol. The molecule has 0 radical (unpaired) electrons. The Balaban J connectivity index is 2.29. The highest BCUT2D eigenvalue weighted by atomic mass is 32.2. The molecule has 0 aromatic rings. The molecule has 1 heterocycles. The Labute approximate surface area is 146 Å². The van der Waals surface area contributed by atoms with Crippen LogP contribution in [0.25, 0.3) is 0 Å². The van der Waals surface area contributed by atoms with E-state index in [0.29, 0.717) is 0 Å². The normalized spacial score (nSPS) is 21.5. The lowest BCUT2D eigenvalue weighted by Gasteiger charge is -2.25. The number of thioether (sulfide) groups is 2. The van der Waals surface area contributed by atoms with Gasteiger partial charge < -0.3 is 20.4 Å². The van der Waals surface area contributed by atoms with Gasteiger partial charge in [0, 0.05) is 50.8 Å². The zero-order valence-electron chi connectivity index (χ0n) is 14.6. The Morgan fingerprint density at radius 3 is 1.55 bits per heavy atom. The van der Waals surface area contributed by atoms with Crippen molar-refractivity contribution in [2.75, 3.05) is 89.5 Å². The van der Waals surface area contributed by atoms with Gasteiger partial charge in [0.15, 0.2) is 0 Å². The first-order chi connectivity index (χ1) is 10.9. The van der Waals surface area contributed by atoms with Gasteiger partial charge in [-0.15, -0.1) is 0 Å². The van der Waals surface area contributed by atoms with E-state index in [9.17, 15) is 0 Å². The minimum atomic E-state index is 1.13. The van der Waals surface area contributed by atoms with E-state index in [2.05, 4.69) is 32.9 Å². The third-order valence-electron chi connectivity index (χ3n) is 4.09. The van der Waals surface area contributed by atoms with Crippen molar-refractivity contribution in [3.63, 3.8) is 0 Å². The van der Waals surface area contributed by atoms with E-state index < -0.39 is 0 Å². The second-order valence-corrected chi connectivity index (χ2v) is 7.85. The highest BCUT2D eigenvalue weighted by Crippen LogP contribution is 1.99. The maximum Gasteiger partial charge on any atom is 0.0107 e. The van der Waals surface area contributed by atoms with Crippen LogP contribution >= 0.6 is 23.5 Å². The van der Waals surface area contributed by atoms with Crippen LogP contribution in [-0.2, 0) is 0 Å². The second kappa shape index (κ2) is 15.1. The lowest BCUT2D eigenvalue weighted by Crippen LogP contribution is -2.39. The zero-order chi connectivity index (χ0) is 15.9. The molecule has 1 fully saturated rings. The Bertz CT molecular complexity index is 204. The molecule has 1 aliphatic rings. The lowest BCUT2D eigenvalue weighted by atomic mass is 10.3. The van der Waals surface area contributed by atoms with Gasteiger partial charge in [0.05, 0.1) is 0 Å². The Morgan fingerprint density at radius 2 is 1.14 bits per heavy atom. The van der Waals surface area contributed by atoms with E-state index in [-0.39, 0.29) is 0 Å². The third kappa shape index (κ3) is 11.1. The SMILES string of the molecule is CSCCN1CCCNCCN(CCSC)CCCNCC1. The molecule has 0 bridgehead atoms. The van der Waals surface area contributed by atoms with E-state index in [1.807, 2.05) is 23.5 Å². The monoisotopic (exact) mass is 348 g/mol. The van der Waals surface area contributed by atoms with Crippen LogP contribution in [0.15, 0.2) is 0 Å². The van der Waals surface area contributed by atoms with Crippen molar-refractivity contribution in [1.82, 2.24) is 20.4 Å². The lowest BCUT2D eigenvalue weighted by molar-refractivity contribution is 0.263. The highest BCUT2D eigenvalue weighted by Gasteiger charge is 2.07. The number of nitrogens with one attached hydrogen (secondary N) is 2. The highest BCUT2D eigenvalue weighted by molar-refractivity contribution is 7.98. The van der Waals surface area contributed by atoms with E-state index in [1.165, 1.54) is 63.6 Å². The van der Waals surface area contributed by atoms with Crippen LogP contribution in [0.4, 0.5) is 0 Å². The van der Waals surface area contributed by atoms with Gasteiger partial charge >= 0.3 is 0 Å². The second-order valence-electron chi connectivity index (χ2n) is 5.88. The molecule has 4 nitrogen and oxygen atoms in total. The summed E-state index contributed by atoms with van der Waals surface area (Å²) in [6, 6.07) is 0. The summed E-state index contributed by atoms with van der Waals surface area (Å²) in [6.45, 7) is 11.9. The minimum Gasteiger partial charge on any atom is -0.315 e. The Kier molecular flexibility index (Phi) is 14.1. The molecule has 0 atom stereocenters. The van der Waals surface area contributed by atoms with Gasteiger partial charge in [-0.2, -0.15) is 23.5 Å². The van der Waals surface area contributed by atoms with Crippen LogP contribution in [-0.4, -0.2) is 99.3 Å². The van der Waals surface area contributed by atoms with Gasteiger partial charge in [-0.25, -0.2) is 0 Å². The Morgan fingerprint density at radius 1 is 0.682 bits per heavy atom. The number of nitrogens with zero attached hydrogens (tertiary/aromatic N) is 2. The van der Waals surface area contributed by atoms with Gasteiger partial charge in [-0.1, -0.05) is 0 Å². The quantitative estimate of drug-likeness (QED) is 0.752. The fraction of sp³-hybridized carbons (Fsp3) is 1.00. The molecule has 132 valence electrons. The maximum absolute atomic E-state index is 3.63. The molecule has 1 rings (SSSR count). The average molecular weight is 349 g/mol. The van der Waals surface area contributed by atoms with Crippen LogP contribution in [0.5, 0.6) is 0 Å². The summed E-state index contributed by atoms with van der Waals surface area (Å²) >= 11 is 3.90. The fourth-order valence-electron chi connectivity index (χ4n) is 2.69. The van der Waals surface area contributed by atoms with Crippen LogP contribution in [0, 0.1) is 0 Å². The maximum atomic E-state index is 3.63. The molecule has 0 aromatic carbocycles. The van der Waals surface area contributed by atoms with Gasteiger partial charge in [0.25, 0.3) is 0 Å². The third-order valence-corrected chi connectivity index (χ3v) is 5.27. The largest absolute Gasteiger partial charge is 0.315 e. The molecule has 0 aromatic heterocycles. The summed E-state index contributed by atoms with van der Waals surface area (Å²) in [6.07, 6.45) is 6.93. The summed E-state index contributed by atoms with van der Waals surface area (Å²) < 4.78 is 0. The Hall–Kier alpha value is 0.540. The van der Waals surface area contributed by atoms with Crippen LogP contribution in [0.3, 0.4) is 0 Å². The zero-order valence-corrected chi connectivity index (χ0v) is 16.2. The van der Waals surface area contributed by atoms with E-state index in [1.54, 1.807) is 0 Å². The van der Waals surface area contributed by atoms with Crippen molar-refractivity contribution < 1.29 is 0 Å². The number of rotatable bonds is 6. The van der Waals surface area contributed by atoms with Gasteiger partial charge in [-0.05, 0) is 51.5 Å². The summed E-state index contributed by atoms with van der Waals surface area (Å²) in [7, 11) is 0. The van der Waals surface area contributed by atoms with Crippen molar-refractivity contribution in [2.24, 2.45) is 0 Å². The van der Waals surface area contributed by atoms with Gasteiger partial charge in [0.1, 0.15) is 0 Å². The molecule has 6 heteroatoms. The molecule has 1 saturated heterocycles. The first-order valence-corrected chi connectivity index (χ1v) is 11.5. The van der Waals surface area contributed by atoms with E-state index >= 15 is 0 Å². The molecule has 0 saturated carbocycles. The van der Waals surface area contributed by atoms with Crippen molar-refractivity contribution in [1.29, 1.82) is 0 Å². The summed E-state index contributed by atoms with van der Waals surface area (Å²) in [5.41, 5.74) is 0. The van der Waals surface area contributed by atoms with Crippen LogP contribution in [0.1, 0.15) is 12.8 Å². The molecule has 2 N–H and O–H groups in total. The molecule has 22 heavy (non-hydrogen) atoms. The number of hydrogen-bond acceptors (Lipinski definition) is 6. The predicted molar refractivity (Wildman–Crippen MR) is 105 cm³/mol. The molecule has 0 amide bonds. The van der Waals surface area contributed by atoms with Gasteiger partial charge in [-0.3, -0.25) is 0 Å². The smallest absolute Gasteiger partial charge is 0.0107 e. The van der Waals surface area contributed by atoms with Crippen LogP contribution in [0.2, 0.25) is 0 Å². The predicted octanol–water partition coefficient (Wildman–Crippen LogP) is 1.29. The van der Waals surface area contributed by atoms with E-state index in [0.717, 1.165) is 26.2 Å². The molecule has 0 spiro atoms. The minimum absolute atomic E-state index is 1.13. The fourth-order valence-corrected chi connectivity index (χ4v) is 3.57. The summed E-state index contributed by atoms with van der Waals surface area (Å²) in [5, 5.41) is 7.25. The number of hydrogen-bond donors (Lipinski definition) is 2. The molecule has 0 aliphatic carbocycles. The standard InChI is InChI=1S/C16H36N4S2/c1-21-15-13-19-9-3-5-18-8-12-20(14-16-22-2)10-4-6-17-7-11-19/h17-18H,3-16H2,1-2H3. The van der Waals surface area contributed by atoms with Crippen molar-refractivity contribution in [3.05, 3.63) is 0 Å². The average Bonchev–Trinajstić information content (AvgIpc) is 2.54. The summed E-state index contributed by atoms with van der Waals surface area (Å²) in [5.74, 6) is 2.50.